The zero-order valence-corrected chi connectivity index (χ0v) is 26.6. The molecule has 0 unspecified atom stereocenters. The highest BCUT2D eigenvalue weighted by molar-refractivity contribution is 8.60. The lowest BCUT2D eigenvalue weighted by Crippen LogP contribution is -2.57. The van der Waals surface area contributed by atoms with Gasteiger partial charge in [-0.25, -0.2) is 0 Å². The SMILES string of the molecule is CN1CCC[C@H]1c1cccnc1.C[C@@H]1[C@@H](OP(=S)(S)O[C@H]2C[C@H]3C[C@@H]([C@@H]2C)C3(C)C)C[C@H]2C[C@@H]1C2(C)C. The van der Waals surface area contributed by atoms with E-state index < -0.39 is 5.69 Å². The Morgan fingerprint density at radius 1 is 0.973 bits per heavy atom. The molecule has 1 saturated heterocycles. The summed E-state index contributed by atoms with van der Waals surface area (Å²) in [7, 11) is 2.19. The van der Waals surface area contributed by atoms with Crippen LogP contribution in [-0.2, 0) is 20.9 Å². The molecule has 1 aromatic heterocycles. The van der Waals surface area contributed by atoms with Crippen molar-refractivity contribution >= 4 is 29.7 Å². The molecule has 7 fully saturated rings. The molecule has 0 radical (unpaired) electrons. The molecule has 4 nitrogen and oxygen atoms in total. The number of fused-ring (bicyclic) bond motifs is 4. The van der Waals surface area contributed by atoms with E-state index in [2.05, 4.69) is 64.5 Å². The Bertz CT molecular complexity index is 957. The Morgan fingerprint density at radius 2 is 1.51 bits per heavy atom. The average Bonchev–Trinajstić information content (AvgIpc) is 3.27. The topological polar surface area (TPSA) is 34.6 Å². The number of thiol groups is 1. The van der Waals surface area contributed by atoms with Gasteiger partial charge in [0, 0.05) is 18.4 Å². The van der Waals surface area contributed by atoms with E-state index in [0.29, 0.717) is 28.7 Å². The van der Waals surface area contributed by atoms with Crippen LogP contribution in [0.3, 0.4) is 0 Å². The Labute approximate surface area is 236 Å². The minimum absolute atomic E-state index is 0.241. The van der Waals surface area contributed by atoms with Gasteiger partial charge < -0.3 is 9.05 Å². The zero-order chi connectivity index (χ0) is 26.8. The van der Waals surface area contributed by atoms with E-state index in [9.17, 15) is 0 Å². The van der Waals surface area contributed by atoms with Crippen molar-refractivity contribution in [2.45, 2.75) is 98.3 Å². The molecule has 37 heavy (non-hydrogen) atoms. The monoisotopic (exact) mass is 564 g/mol. The number of hydrogen-bond donors (Lipinski definition) is 1. The molecule has 7 heteroatoms. The predicted molar refractivity (Wildman–Crippen MR) is 160 cm³/mol. The van der Waals surface area contributed by atoms with E-state index in [1.54, 1.807) is 0 Å². The van der Waals surface area contributed by atoms with Crippen LogP contribution in [0.2, 0.25) is 0 Å². The molecule has 1 aliphatic heterocycles. The Morgan fingerprint density at radius 3 is 1.89 bits per heavy atom. The second kappa shape index (κ2) is 10.5. The standard InChI is InChI=1S/C20H35O2PS2.C10H14N2/c1-11-15-7-13(19(15,3)4)9-17(11)21-23(24,25)22-18-10-14-8-16(12(18)2)20(14,5)6;1-12-7-3-5-10(12)9-4-2-6-11-8-9/h11-18H,7-10H2,1-6H3,(H,24,25);2,4,6,8,10H,3,5,7H2,1H3/t11-,12-,13+,14+,15-,16-,17-,18-;10-/m00/s1. The minimum atomic E-state index is -2.47. The number of likely N-dealkylation sites (tertiary alicyclic amines) is 1. The lowest BCUT2D eigenvalue weighted by molar-refractivity contribution is -0.157. The molecule has 0 aromatic carbocycles. The van der Waals surface area contributed by atoms with Gasteiger partial charge in [-0.05, 0) is 122 Å². The smallest absolute Gasteiger partial charge is 0.244 e. The third-order valence-corrected chi connectivity index (χ3v) is 13.9. The maximum absolute atomic E-state index is 6.41. The van der Waals surface area contributed by atoms with E-state index >= 15 is 0 Å². The molecule has 0 N–H and O–H groups in total. The van der Waals surface area contributed by atoms with E-state index in [1.165, 1.54) is 37.8 Å². The van der Waals surface area contributed by atoms with E-state index in [4.69, 9.17) is 33.1 Å². The van der Waals surface area contributed by atoms with Gasteiger partial charge in [0.2, 0.25) is 5.69 Å². The van der Waals surface area contributed by atoms with Crippen molar-refractivity contribution in [3.05, 3.63) is 30.1 Å². The molecule has 8 rings (SSSR count). The lowest BCUT2D eigenvalue weighted by Gasteiger charge is -2.62. The predicted octanol–water partition coefficient (Wildman–Crippen LogP) is 8.16. The quantitative estimate of drug-likeness (QED) is 0.288. The molecule has 6 aliphatic carbocycles. The van der Waals surface area contributed by atoms with Gasteiger partial charge >= 0.3 is 0 Å². The highest BCUT2D eigenvalue weighted by atomic mass is 32.9. The van der Waals surface area contributed by atoms with Gasteiger partial charge in [-0.3, -0.25) is 9.88 Å². The van der Waals surface area contributed by atoms with E-state index in [0.717, 1.165) is 36.5 Å². The van der Waals surface area contributed by atoms with Gasteiger partial charge in [0.1, 0.15) is 0 Å². The van der Waals surface area contributed by atoms with Crippen molar-refractivity contribution in [1.82, 2.24) is 9.88 Å². The number of pyridine rings is 1. The molecule has 208 valence electrons. The van der Waals surface area contributed by atoms with Crippen LogP contribution in [0, 0.1) is 46.3 Å². The number of rotatable bonds is 5. The summed E-state index contributed by atoms with van der Waals surface area (Å²) in [5.41, 5.74) is -0.161. The molecule has 0 spiro atoms. The molecule has 2 heterocycles. The van der Waals surface area contributed by atoms with Crippen molar-refractivity contribution in [2.24, 2.45) is 46.3 Å². The Balaban J connectivity index is 0.000000195. The molecule has 0 amide bonds. The van der Waals surface area contributed by atoms with Gasteiger partial charge in [0.05, 0.1) is 12.2 Å². The van der Waals surface area contributed by atoms with E-state index in [1.807, 2.05) is 18.5 Å². The fourth-order valence-electron chi connectivity index (χ4n) is 8.75. The zero-order valence-electron chi connectivity index (χ0n) is 24.0. The Kier molecular flexibility index (Phi) is 8.07. The van der Waals surface area contributed by atoms with Crippen molar-refractivity contribution in [3.8, 4) is 0 Å². The molecule has 6 saturated carbocycles. The highest BCUT2D eigenvalue weighted by Crippen LogP contribution is 2.68. The maximum Gasteiger partial charge on any atom is 0.244 e. The molecular weight excluding hydrogens is 515 g/mol. The van der Waals surface area contributed by atoms with Crippen LogP contribution in [0.5, 0.6) is 0 Å². The van der Waals surface area contributed by atoms with Gasteiger partial charge in [0.25, 0.3) is 0 Å². The average molecular weight is 565 g/mol. The molecule has 4 bridgehead atoms. The summed E-state index contributed by atoms with van der Waals surface area (Å²) in [4.78, 5) is 6.54. The molecule has 7 aliphatic rings. The van der Waals surface area contributed by atoms with Gasteiger partial charge in [-0.2, -0.15) is 0 Å². The maximum atomic E-state index is 6.41. The minimum Gasteiger partial charge on any atom is -0.318 e. The summed E-state index contributed by atoms with van der Waals surface area (Å²) in [6.07, 6.45) is 11.9. The fourth-order valence-corrected chi connectivity index (χ4v) is 11.4. The third-order valence-electron chi connectivity index (χ3n) is 11.7. The summed E-state index contributed by atoms with van der Waals surface area (Å²) in [5, 5.41) is 0. The van der Waals surface area contributed by atoms with E-state index in [-0.39, 0.29) is 12.2 Å². The third kappa shape index (κ3) is 5.38. The summed E-state index contributed by atoms with van der Waals surface area (Å²) in [5.74, 6) is 4.22. The molecular formula is C30H49N2O2PS2. The molecule has 9 atom stereocenters. The van der Waals surface area contributed by atoms with Crippen LogP contribution < -0.4 is 0 Å². The first kappa shape index (κ1) is 28.6. The van der Waals surface area contributed by atoms with Gasteiger partial charge in [-0.1, -0.05) is 59.9 Å². The summed E-state index contributed by atoms with van der Waals surface area (Å²) < 4.78 is 12.8. The van der Waals surface area contributed by atoms with Crippen LogP contribution in [0.4, 0.5) is 0 Å². The van der Waals surface area contributed by atoms with Crippen LogP contribution in [0.25, 0.3) is 0 Å². The fraction of sp³-hybridized carbons (Fsp3) is 0.833. The number of aromatic nitrogens is 1. The largest absolute Gasteiger partial charge is 0.318 e. The lowest BCUT2D eigenvalue weighted by atomic mass is 9.45. The van der Waals surface area contributed by atoms with Crippen molar-refractivity contribution in [1.29, 1.82) is 0 Å². The molecule has 1 aromatic rings. The van der Waals surface area contributed by atoms with Crippen LogP contribution in [0.1, 0.15) is 91.7 Å². The summed E-state index contributed by atoms with van der Waals surface area (Å²) in [6.45, 7) is 15.6. The summed E-state index contributed by atoms with van der Waals surface area (Å²) in [6, 6.07) is 4.79. The van der Waals surface area contributed by atoms with Crippen molar-refractivity contribution in [2.75, 3.05) is 13.6 Å². The second-order valence-electron chi connectivity index (χ2n) is 14.1. The first-order chi connectivity index (χ1) is 17.3. The van der Waals surface area contributed by atoms with Crippen LogP contribution in [0.15, 0.2) is 24.5 Å². The number of hydrogen-bond acceptors (Lipinski definition) is 5. The summed E-state index contributed by atoms with van der Waals surface area (Å²) >= 11 is 10.5. The normalized spacial score (nSPS) is 41.7. The highest BCUT2D eigenvalue weighted by Gasteiger charge is 2.59. The van der Waals surface area contributed by atoms with Crippen molar-refractivity contribution < 1.29 is 9.05 Å². The van der Waals surface area contributed by atoms with Crippen molar-refractivity contribution in [3.63, 3.8) is 0 Å². The van der Waals surface area contributed by atoms with Crippen LogP contribution >= 0.6 is 17.9 Å². The first-order valence-electron chi connectivity index (χ1n) is 14.6. The Hall–Kier alpha value is 0.0300. The van der Waals surface area contributed by atoms with Crippen LogP contribution in [-0.4, -0.2) is 35.7 Å². The second-order valence-corrected chi connectivity index (χ2v) is 19.3. The van der Waals surface area contributed by atoms with Gasteiger partial charge in [-0.15, -0.1) is 0 Å². The van der Waals surface area contributed by atoms with Gasteiger partial charge in [0.15, 0.2) is 0 Å². The number of nitrogens with zero attached hydrogens (tertiary/aromatic N) is 2. The first-order valence-corrected chi connectivity index (χ1v) is 18.4.